The fourth-order valence-electron chi connectivity index (χ4n) is 1.36. The summed E-state index contributed by atoms with van der Waals surface area (Å²) in [6.07, 6.45) is -4.72. The first-order chi connectivity index (χ1) is 8.31. The zero-order chi connectivity index (χ0) is 13.8. The van der Waals surface area contributed by atoms with Gasteiger partial charge >= 0.3 is 6.36 Å². The Bertz CT molecular complexity index is 427. The molecule has 108 valence electrons. The molecule has 1 aromatic rings. The monoisotopic (exact) mass is 298 g/mol. The quantitative estimate of drug-likeness (QED) is 0.924. The van der Waals surface area contributed by atoms with E-state index in [9.17, 15) is 18.0 Å². The van der Waals surface area contributed by atoms with Gasteiger partial charge in [0.1, 0.15) is 5.75 Å². The molecule has 0 aliphatic heterocycles. The molecular weight excluding hydrogens is 285 g/mol. The van der Waals surface area contributed by atoms with E-state index in [0.717, 1.165) is 0 Å². The lowest BCUT2D eigenvalue weighted by molar-refractivity contribution is -0.274. The van der Waals surface area contributed by atoms with Crippen molar-refractivity contribution in [3.05, 3.63) is 29.8 Å². The molecule has 0 saturated carbocycles. The van der Waals surface area contributed by atoms with Gasteiger partial charge in [0.2, 0.25) is 5.91 Å². The van der Waals surface area contributed by atoms with E-state index < -0.39 is 6.36 Å². The van der Waals surface area contributed by atoms with Crippen LogP contribution < -0.4 is 10.5 Å². The lowest BCUT2D eigenvalue weighted by Gasteiger charge is -2.17. The first-order valence-electron chi connectivity index (χ1n) is 5.10. The molecular formula is C11H14ClF3N2O2. The molecule has 0 radical (unpaired) electrons. The second kappa shape index (κ2) is 7.20. The van der Waals surface area contributed by atoms with Crippen molar-refractivity contribution in [3.63, 3.8) is 0 Å². The maximum absolute atomic E-state index is 12.0. The van der Waals surface area contributed by atoms with Gasteiger partial charge in [0.05, 0.1) is 6.54 Å². The van der Waals surface area contributed by atoms with Gasteiger partial charge < -0.3 is 15.4 Å². The molecule has 1 amide bonds. The molecule has 1 rings (SSSR count). The van der Waals surface area contributed by atoms with Crippen LogP contribution in [0.1, 0.15) is 5.56 Å². The number of nitrogens with two attached hydrogens (primary N) is 1. The molecule has 19 heavy (non-hydrogen) atoms. The number of alkyl halides is 3. The number of likely N-dealkylation sites (N-methyl/N-ethyl adjacent to an activating group) is 1. The number of carbonyl (C=O) groups excluding carboxylic acids is 1. The molecule has 0 unspecified atom stereocenters. The zero-order valence-corrected chi connectivity index (χ0v) is 10.9. The van der Waals surface area contributed by atoms with Crippen LogP contribution in [0.25, 0.3) is 0 Å². The SMILES string of the molecule is CN(Cc1cccc(OC(F)(F)F)c1)C(=O)CN.Cl. The second-order valence-corrected chi connectivity index (χ2v) is 3.65. The van der Waals surface area contributed by atoms with E-state index in [0.29, 0.717) is 5.56 Å². The van der Waals surface area contributed by atoms with Gasteiger partial charge in [-0.1, -0.05) is 12.1 Å². The van der Waals surface area contributed by atoms with Gasteiger partial charge in [0, 0.05) is 13.6 Å². The summed E-state index contributed by atoms with van der Waals surface area (Å²) in [5.41, 5.74) is 5.70. The number of hydrogen-bond donors (Lipinski definition) is 1. The van der Waals surface area contributed by atoms with E-state index in [-0.39, 0.29) is 37.2 Å². The molecule has 1 aromatic carbocycles. The lowest BCUT2D eigenvalue weighted by Crippen LogP contribution is -2.32. The highest BCUT2D eigenvalue weighted by atomic mass is 35.5. The maximum Gasteiger partial charge on any atom is 0.573 e. The number of amides is 1. The van der Waals surface area contributed by atoms with Crippen molar-refractivity contribution >= 4 is 18.3 Å². The van der Waals surface area contributed by atoms with E-state index in [1.165, 1.54) is 30.1 Å². The Labute approximate surface area is 114 Å². The van der Waals surface area contributed by atoms with Crippen LogP contribution >= 0.6 is 12.4 Å². The Kier molecular flexibility index (Phi) is 6.64. The van der Waals surface area contributed by atoms with Gasteiger partial charge in [-0.2, -0.15) is 0 Å². The molecule has 0 fully saturated rings. The van der Waals surface area contributed by atoms with Crippen LogP contribution in [0.5, 0.6) is 5.75 Å². The van der Waals surface area contributed by atoms with Crippen LogP contribution in [-0.2, 0) is 11.3 Å². The number of carbonyl (C=O) groups is 1. The molecule has 0 spiro atoms. The summed E-state index contributed by atoms with van der Waals surface area (Å²) in [6, 6.07) is 5.45. The Balaban J connectivity index is 0.00000324. The largest absolute Gasteiger partial charge is 0.573 e. The average molecular weight is 299 g/mol. The Hall–Kier alpha value is -1.47. The van der Waals surface area contributed by atoms with Crippen LogP contribution in [0.4, 0.5) is 13.2 Å². The Morgan fingerprint density at radius 2 is 2.05 bits per heavy atom. The minimum absolute atomic E-state index is 0. The minimum atomic E-state index is -4.72. The fraction of sp³-hybridized carbons (Fsp3) is 0.364. The van der Waals surface area contributed by atoms with Gasteiger partial charge in [0.15, 0.2) is 0 Å². The number of ether oxygens (including phenoxy) is 1. The van der Waals surface area contributed by atoms with Crippen molar-refractivity contribution < 1.29 is 22.7 Å². The summed E-state index contributed by atoms with van der Waals surface area (Å²) >= 11 is 0. The lowest BCUT2D eigenvalue weighted by atomic mass is 10.2. The zero-order valence-electron chi connectivity index (χ0n) is 10.1. The smallest absolute Gasteiger partial charge is 0.406 e. The van der Waals surface area contributed by atoms with Crippen LogP contribution in [0.15, 0.2) is 24.3 Å². The van der Waals surface area contributed by atoms with Crippen molar-refractivity contribution in [2.75, 3.05) is 13.6 Å². The van der Waals surface area contributed by atoms with E-state index in [1.807, 2.05) is 0 Å². The molecule has 0 bridgehead atoms. The number of nitrogens with zero attached hydrogens (tertiary/aromatic N) is 1. The predicted octanol–water partition coefficient (Wildman–Crippen LogP) is 1.92. The van der Waals surface area contributed by atoms with Crippen molar-refractivity contribution in [1.29, 1.82) is 0 Å². The van der Waals surface area contributed by atoms with E-state index in [1.54, 1.807) is 6.07 Å². The third kappa shape index (κ3) is 6.30. The highest BCUT2D eigenvalue weighted by Gasteiger charge is 2.31. The van der Waals surface area contributed by atoms with Gasteiger partial charge in [-0.15, -0.1) is 25.6 Å². The topological polar surface area (TPSA) is 55.6 Å². The minimum Gasteiger partial charge on any atom is -0.406 e. The van der Waals surface area contributed by atoms with Crippen LogP contribution in [-0.4, -0.2) is 30.8 Å². The standard InChI is InChI=1S/C11H13F3N2O2.ClH/c1-16(10(17)6-15)7-8-3-2-4-9(5-8)18-11(12,13)14;/h2-5H,6-7,15H2,1H3;1H. The molecule has 8 heteroatoms. The first-order valence-corrected chi connectivity index (χ1v) is 5.10. The molecule has 0 atom stereocenters. The summed E-state index contributed by atoms with van der Waals surface area (Å²) in [5.74, 6) is -0.606. The molecule has 4 nitrogen and oxygen atoms in total. The fourth-order valence-corrected chi connectivity index (χ4v) is 1.36. The third-order valence-electron chi connectivity index (χ3n) is 2.15. The summed E-state index contributed by atoms with van der Waals surface area (Å²) in [6.45, 7) is 0.0281. The highest BCUT2D eigenvalue weighted by Crippen LogP contribution is 2.23. The number of halogens is 4. The molecule has 0 heterocycles. The average Bonchev–Trinajstić information content (AvgIpc) is 2.26. The van der Waals surface area contributed by atoms with Crippen molar-refractivity contribution in [1.82, 2.24) is 4.90 Å². The van der Waals surface area contributed by atoms with Crippen LogP contribution in [0.3, 0.4) is 0 Å². The summed E-state index contributed by atoms with van der Waals surface area (Å²) in [5, 5.41) is 0. The molecule has 0 aliphatic rings. The van der Waals surface area contributed by atoms with E-state index in [4.69, 9.17) is 5.73 Å². The highest BCUT2D eigenvalue weighted by molar-refractivity contribution is 5.85. The summed E-state index contributed by atoms with van der Waals surface area (Å²) < 4.78 is 39.8. The third-order valence-corrected chi connectivity index (χ3v) is 2.15. The normalized spacial score (nSPS) is 10.6. The van der Waals surface area contributed by atoms with Crippen molar-refractivity contribution in [2.45, 2.75) is 12.9 Å². The molecule has 2 N–H and O–H groups in total. The number of rotatable bonds is 4. The van der Waals surface area contributed by atoms with Gasteiger partial charge in [0.25, 0.3) is 0 Å². The number of hydrogen-bond acceptors (Lipinski definition) is 3. The van der Waals surface area contributed by atoms with Gasteiger partial charge in [-0.3, -0.25) is 4.79 Å². The predicted molar refractivity (Wildman–Crippen MR) is 65.9 cm³/mol. The van der Waals surface area contributed by atoms with Crippen molar-refractivity contribution in [2.24, 2.45) is 5.73 Å². The van der Waals surface area contributed by atoms with E-state index in [2.05, 4.69) is 4.74 Å². The Morgan fingerprint density at radius 1 is 1.42 bits per heavy atom. The van der Waals surface area contributed by atoms with Crippen molar-refractivity contribution in [3.8, 4) is 5.75 Å². The Morgan fingerprint density at radius 3 is 2.58 bits per heavy atom. The van der Waals surface area contributed by atoms with Gasteiger partial charge in [-0.05, 0) is 17.7 Å². The maximum atomic E-state index is 12.0. The number of benzene rings is 1. The first kappa shape index (κ1) is 17.5. The van der Waals surface area contributed by atoms with Gasteiger partial charge in [-0.25, -0.2) is 0 Å². The van der Waals surface area contributed by atoms with Crippen LogP contribution in [0.2, 0.25) is 0 Å². The summed E-state index contributed by atoms with van der Waals surface area (Å²) in [4.78, 5) is 12.5. The summed E-state index contributed by atoms with van der Waals surface area (Å²) in [7, 11) is 1.52. The molecule has 0 aromatic heterocycles. The van der Waals surface area contributed by atoms with E-state index >= 15 is 0 Å². The second-order valence-electron chi connectivity index (χ2n) is 3.65. The van der Waals surface area contributed by atoms with Crippen LogP contribution in [0, 0.1) is 0 Å². The molecule has 0 aliphatic carbocycles. The molecule has 0 saturated heterocycles.